The highest BCUT2D eigenvalue weighted by atomic mass is 35.5. The fraction of sp³-hybridized carbons (Fsp3) is 0.556. The van der Waals surface area contributed by atoms with Gasteiger partial charge in [-0.2, -0.15) is 0 Å². The third-order valence-electron chi connectivity index (χ3n) is 5.45. The molecule has 1 N–H and O–H groups in total. The lowest BCUT2D eigenvalue weighted by Crippen LogP contribution is -2.42. The Morgan fingerprint density at radius 3 is 2.68 bits per heavy atom. The van der Waals surface area contributed by atoms with E-state index in [0.717, 1.165) is 25.9 Å². The Kier molecular flexibility index (Phi) is 5.56. The second-order valence-corrected chi connectivity index (χ2v) is 7.47. The number of para-hydroxylation sites is 1. The number of amides is 2. The number of benzene rings is 1. The number of halogens is 2. The molecule has 7 heteroatoms. The third-order valence-corrected chi connectivity index (χ3v) is 5.77. The van der Waals surface area contributed by atoms with Crippen molar-refractivity contribution in [1.82, 2.24) is 10.2 Å². The highest BCUT2D eigenvalue weighted by molar-refractivity contribution is 6.33. The van der Waals surface area contributed by atoms with Gasteiger partial charge in [0.2, 0.25) is 11.8 Å². The summed E-state index contributed by atoms with van der Waals surface area (Å²) in [5.74, 6) is -0.159. The van der Waals surface area contributed by atoms with E-state index in [9.17, 15) is 9.59 Å². The number of rotatable bonds is 2. The molecule has 25 heavy (non-hydrogen) atoms. The molecule has 3 saturated heterocycles. The van der Waals surface area contributed by atoms with Crippen LogP contribution in [-0.4, -0.2) is 48.4 Å². The summed E-state index contributed by atoms with van der Waals surface area (Å²) in [5, 5.41) is 4.14. The Morgan fingerprint density at radius 1 is 1.12 bits per heavy atom. The van der Waals surface area contributed by atoms with Crippen LogP contribution in [0, 0.1) is 5.92 Å². The average molecular weight is 384 g/mol. The lowest BCUT2D eigenvalue weighted by molar-refractivity contribution is -0.136. The number of anilines is 1. The van der Waals surface area contributed by atoms with Crippen LogP contribution in [0.2, 0.25) is 5.02 Å². The zero-order valence-corrected chi connectivity index (χ0v) is 15.6. The number of hydrogen-bond donors (Lipinski definition) is 1. The number of carbonyl (C=O) groups excluding carboxylic acids is 2. The number of nitrogens with zero attached hydrogens (tertiary/aromatic N) is 2. The molecule has 0 saturated carbocycles. The van der Waals surface area contributed by atoms with Gasteiger partial charge in [0.05, 0.1) is 16.6 Å². The second kappa shape index (κ2) is 7.52. The van der Waals surface area contributed by atoms with Crippen LogP contribution in [0.3, 0.4) is 0 Å². The first kappa shape index (κ1) is 18.5. The van der Waals surface area contributed by atoms with Gasteiger partial charge in [0, 0.05) is 38.1 Å². The van der Waals surface area contributed by atoms with Crippen molar-refractivity contribution in [1.29, 1.82) is 0 Å². The van der Waals surface area contributed by atoms with Crippen LogP contribution in [0.15, 0.2) is 24.3 Å². The van der Waals surface area contributed by atoms with Crippen LogP contribution in [0.1, 0.15) is 25.7 Å². The molecule has 3 aliphatic heterocycles. The summed E-state index contributed by atoms with van der Waals surface area (Å²) >= 11 is 6.21. The van der Waals surface area contributed by atoms with Crippen LogP contribution >= 0.6 is 24.0 Å². The minimum Gasteiger partial charge on any atom is -0.341 e. The Morgan fingerprint density at radius 2 is 1.88 bits per heavy atom. The van der Waals surface area contributed by atoms with E-state index in [1.54, 1.807) is 11.0 Å². The largest absolute Gasteiger partial charge is 0.341 e. The van der Waals surface area contributed by atoms with Crippen molar-refractivity contribution in [2.24, 2.45) is 5.92 Å². The normalized spacial score (nSPS) is 28.7. The molecular weight excluding hydrogens is 361 g/mol. The fourth-order valence-corrected chi connectivity index (χ4v) is 4.42. The zero-order valence-electron chi connectivity index (χ0n) is 14.0. The van der Waals surface area contributed by atoms with Gasteiger partial charge in [-0.15, -0.1) is 12.4 Å². The van der Waals surface area contributed by atoms with Gasteiger partial charge in [-0.3, -0.25) is 9.59 Å². The SMILES string of the molecule is Cl.O=C(C1CC(=O)N(c2ccccc2Cl)C1)N1CCC2CCC(C1)N2. The monoisotopic (exact) mass is 383 g/mol. The van der Waals surface area contributed by atoms with Crippen molar-refractivity contribution >= 4 is 41.5 Å². The summed E-state index contributed by atoms with van der Waals surface area (Å²) in [5.41, 5.74) is 0.705. The first-order valence-electron chi connectivity index (χ1n) is 8.71. The molecule has 3 atom stereocenters. The summed E-state index contributed by atoms with van der Waals surface area (Å²) in [6.07, 6.45) is 3.65. The van der Waals surface area contributed by atoms with E-state index in [2.05, 4.69) is 5.32 Å². The quantitative estimate of drug-likeness (QED) is 0.853. The maximum absolute atomic E-state index is 12.9. The molecule has 0 aromatic heterocycles. The standard InChI is InChI=1S/C18H22ClN3O2.ClH/c19-15-3-1-2-4-16(15)22-10-12(9-17(22)23)18(24)21-8-7-13-5-6-14(11-21)20-13;/h1-4,12-14,20H,5-11H2;1H. The van der Waals surface area contributed by atoms with Gasteiger partial charge >= 0.3 is 0 Å². The van der Waals surface area contributed by atoms with E-state index in [0.29, 0.717) is 29.3 Å². The van der Waals surface area contributed by atoms with Gasteiger partial charge < -0.3 is 15.1 Å². The molecule has 0 aliphatic carbocycles. The Bertz CT molecular complexity index is 669. The molecule has 3 heterocycles. The van der Waals surface area contributed by atoms with Crippen molar-refractivity contribution in [2.45, 2.75) is 37.8 Å². The van der Waals surface area contributed by atoms with E-state index in [1.807, 2.05) is 23.1 Å². The lowest BCUT2D eigenvalue weighted by atomic mass is 10.0. The molecule has 136 valence electrons. The minimum atomic E-state index is -0.259. The van der Waals surface area contributed by atoms with Gasteiger partial charge in [0.25, 0.3) is 0 Å². The second-order valence-electron chi connectivity index (χ2n) is 7.07. The van der Waals surface area contributed by atoms with E-state index in [-0.39, 0.29) is 36.6 Å². The first-order valence-corrected chi connectivity index (χ1v) is 9.09. The fourth-order valence-electron chi connectivity index (χ4n) is 4.18. The van der Waals surface area contributed by atoms with Crippen molar-refractivity contribution < 1.29 is 9.59 Å². The maximum atomic E-state index is 12.9. The molecule has 0 radical (unpaired) electrons. The summed E-state index contributed by atoms with van der Waals surface area (Å²) in [7, 11) is 0. The van der Waals surface area contributed by atoms with Crippen molar-refractivity contribution in [2.75, 3.05) is 24.5 Å². The van der Waals surface area contributed by atoms with Gasteiger partial charge in [-0.1, -0.05) is 23.7 Å². The van der Waals surface area contributed by atoms with Crippen LogP contribution < -0.4 is 10.2 Å². The molecule has 0 spiro atoms. The number of hydrogen-bond acceptors (Lipinski definition) is 3. The van der Waals surface area contributed by atoms with Crippen molar-refractivity contribution in [3.63, 3.8) is 0 Å². The van der Waals surface area contributed by atoms with Crippen LogP contribution in [0.5, 0.6) is 0 Å². The molecule has 2 amide bonds. The van der Waals surface area contributed by atoms with Gasteiger partial charge in [0.1, 0.15) is 0 Å². The maximum Gasteiger partial charge on any atom is 0.228 e. The van der Waals surface area contributed by atoms with Crippen LogP contribution in [-0.2, 0) is 9.59 Å². The Hall–Kier alpha value is -1.30. The highest BCUT2D eigenvalue weighted by Gasteiger charge is 2.39. The number of fused-ring (bicyclic) bond motifs is 2. The highest BCUT2D eigenvalue weighted by Crippen LogP contribution is 2.32. The van der Waals surface area contributed by atoms with E-state index < -0.39 is 0 Å². The van der Waals surface area contributed by atoms with Gasteiger partial charge in [0.15, 0.2) is 0 Å². The molecule has 1 aromatic carbocycles. The molecular formula is C18H23Cl2N3O2. The van der Waals surface area contributed by atoms with Crippen molar-refractivity contribution in [3.05, 3.63) is 29.3 Å². The van der Waals surface area contributed by atoms with Crippen LogP contribution in [0.4, 0.5) is 5.69 Å². The predicted octanol–water partition coefficient (Wildman–Crippen LogP) is 2.47. The Balaban J connectivity index is 0.00000182. The lowest BCUT2D eigenvalue weighted by Gasteiger charge is -2.27. The summed E-state index contributed by atoms with van der Waals surface area (Å²) < 4.78 is 0. The van der Waals surface area contributed by atoms with E-state index in [4.69, 9.17) is 11.6 Å². The van der Waals surface area contributed by atoms with Crippen LogP contribution in [0.25, 0.3) is 0 Å². The number of nitrogens with one attached hydrogen (secondary N) is 1. The van der Waals surface area contributed by atoms with E-state index >= 15 is 0 Å². The average Bonchev–Trinajstić information content (AvgIpc) is 3.10. The molecule has 3 unspecified atom stereocenters. The third kappa shape index (κ3) is 3.64. The molecule has 4 rings (SSSR count). The molecule has 3 fully saturated rings. The number of likely N-dealkylation sites (tertiary alicyclic amines) is 1. The summed E-state index contributed by atoms with van der Waals surface area (Å²) in [6, 6.07) is 8.28. The smallest absolute Gasteiger partial charge is 0.228 e. The summed E-state index contributed by atoms with van der Waals surface area (Å²) in [6.45, 7) is 2.00. The Labute approximate surface area is 159 Å². The molecule has 2 bridgehead atoms. The first-order chi connectivity index (χ1) is 11.6. The van der Waals surface area contributed by atoms with E-state index in [1.165, 1.54) is 6.42 Å². The minimum absolute atomic E-state index is 0. The molecule has 1 aromatic rings. The summed E-state index contributed by atoms with van der Waals surface area (Å²) in [4.78, 5) is 29.0. The number of carbonyl (C=O) groups is 2. The predicted molar refractivity (Wildman–Crippen MR) is 100 cm³/mol. The van der Waals surface area contributed by atoms with Crippen molar-refractivity contribution in [3.8, 4) is 0 Å². The molecule has 5 nitrogen and oxygen atoms in total. The van der Waals surface area contributed by atoms with Gasteiger partial charge in [-0.25, -0.2) is 0 Å². The van der Waals surface area contributed by atoms with Gasteiger partial charge in [-0.05, 0) is 31.4 Å². The zero-order chi connectivity index (χ0) is 16.7. The topological polar surface area (TPSA) is 52.7 Å². The molecule has 3 aliphatic rings.